The first-order chi connectivity index (χ1) is 14.6. The molecule has 0 spiro atoms. The first-order valence-corrected chi connectivity index (χ1v) is 11.7. The number of fused-ring (bicyclic) bond motifs is 1. The van der Waals surface area contributed by atoms with Gasteiger partial charge in [0.1, 0.15) is 5.54 Å². The summed E-state index contributed by atoms with van der Waals surface area (Å²) in [5, 5.41) is 9.99. The summed E-state index contributed by atoms with van der Waals surface area (Å²) in [5.41, 5.74) is -0.861. The maximum atomic E-state index is 12.9. The fourth-order valence-corrected chi connectivity index (χ4v) is 5.85. The third-order valence-corrected chi connectivity index (χ3v) is 7.63. The molecule has 2 aliphatic carbocycles. The van der Waals surface area contributed by atoms with Crippen LogP contribution in [0.1, 0.15) is 57.8 Å². The lowest BCUT2D eigenvalue weighted by molar-refractivity contribution is -0.147. The Morgan fingerprint density at radius 1 is 1.23 bits per heavy atom. The van der Waals surface area contributed by atoms with Gasteiger partial charge in [-0.25, -0.2) is 4.79 Å². The molecule has 0 aromatic rings. The van der Waals surface area contributed by atoms with E-state index >= 15 is 0 Å². The van der Waals surface area contributed by atoms with E-state index in [4.69, 9.17) is 9.47 Å². The Balaban J connectivity index is 1.30. The summed E-state index contributed by atoms with van der Waals surface area (Å²) in [6.45, 7) is 5.45. The van der Waals surface area contributed by atoms with E-state index in [1.807, 2.05) is 6.08 Å². The van der Waals surface area contributed by atoms with Crippen LogP contribution in [0.4, 0.5) is 0 Å². The van der Waals surface area contributed by atoms with Crippen molar-refractivity contribution in [3.05, 3.63) is 12.7 Å². The first kappa shape index (κ1) is 21.8. The topological polar surface area (TPSA) is 88.7 Å². The summed E-state index contributed by atoms with van der Waals surface area (Å²) < 4.78 is 11.5. The van der Waals surface area contributed by atoms with Gasteiger partial charge in [-0.1, -0.05) is 18.9 Å². The lowest BCUT2D eigenvalue weighted by Gasteiger charge is -2.42. The van der Waals surface area contributed by atoms with Crippen LogP contribution in [-0.2, 0) is 19.1 Å². The number of nitrogens with one attached hydrogen (secondary N) is 3. The van der Waals surface area contributed by atoms with Gasteiger partial charge in [-0.15, -0.1) is 6.58 Å². The van der Waals surface area contributed by atoms with Crippen molar-refractivity contribution in [2.75, 3.05) is 20.2 Å². The Morgan fingerprint density at radius 2 is 2.07 bits per heavy atom. The second kappa shape index (κ2) is 9.37. The number of rotatable bonds is 8. The molecule has 7 nitrogen and oxygen atoms in total. The average Bonchev–Trinajstić information content (AvgIpc) is 3.25. The van der Waals surface area contributed by atoms with Crippen LogP contribution < -0.4 is 16.0 Å². The van der Waals surface area contributed by atoms with E-state index in [2.05, 4.69) is 22.5 Å². The van der Waals surface area contributed by atoms with E-state index in [0.29, 0.717) is 37.5 Å². The fraction of sp³-hybridized carbons (Fsp3) is 0.826. The number of hydrogen-bond donors (Lipinski definition) is 3. The Morgan fingerprint density at radius 3 is 2.87 bits per heavy atom. The third-order valence-electron chi connectivity index (χ3n) is 7.63. The van der Waals surface area contributed by atoms with E-state index in [1.165, 1.54) is 32.8 Å². The summed E-state index contributed by atoms with van der Waals surface area (Å²) in [6.07, 6.45) is 11.3. The average molecular weight is 420 g/mol. The van der Waals surface area contributed by atoms with Crippen molar-refractivity contribution in [2.24, 2.45) is 11.8 Å². The van der Waals surface area contributed by atoms with Crippen LogP contribution in [0.5, 0.6) is 0 Å². The highest BCUT2D eigenvalue weighted by atomic mass is 16.5. The number of ether oxygens (including phenoxy) is 2. The van der Waals surface area contributed by atoms with Crippen LogP contribution >= 0.6 is 0 Å². The number of hydrogen-bond acceptors (Lipinski definition) is 6. The predicted molar refractivity (Wildman–Crippen MR) is 114 cm³/mol. The number of carbonyl (C=O) groups excluding carboxylic acids is 2. The maximum absolute atomic E-state index is 12.9. The molecule has 7 atom stereocenters. The quantitative estimate of drug-likeness (QED) is 0.410. The Kier molecular flexibility index (Phi) is 6.80. The number of esters is 1. The number of piperidine rings is 1. The minimum atomic E-state index is -0.861. The van der Waals surface area contributed by atoms with Crippen molar-refractivity contribution in [1.29, 1.82) is 0 Å². The molecule has 0 aromatic carbocycles. The largest absolute Gasteiger partial charge is 0.467 e. The van der Waals surface area contributed by atoms with Crippen molar-refractivity contribution in [3.8, 4) is 0 Å². The van der Waals surface area contributed by atoms with Crippen LogP contribution in [0.25, 0.3) is 0 Å². The van der Waals surface area contributed by atoms with Crippen LogP contribution in [0.2, 0.25) is 0 Å². The molecule has 0 radical (unpaired) electrons. The first-order valence-electron chi connectivity index (χ1n) is 11.7. The minimum absolute atomic E-state index is 0.0521. The van der Waals surface area contributed by atoms with Gasteiger partial charge in [-0.3, -0.25) is 4.79 Å². The van der Waals surface area contributed by atoms with E-state index in [1.54, 1.807) is 0 Å². The van der Waals surface area contributed by atoms with Gasteiger partial charge in [0, 0.05) is 18.5 Å². The number of methoxy groups -OCH3 is 1. The smallest absolute Gasteiger partial charge is 0.331 e. The summed E-state index contributed by atoms with van der Waals surface area (Å²) in [7, 11) is 1.38. The standard InChI is InChI=1S/C23H37N3O4/c1-3-4-7-15-13-23(15,22(28)29-2)26-21(27)19-12-16(14-25-19)30-20-10-11-24-18-9-6-5-8-17(18)20/h3,15-20,24-25H,1,4-14H2,2H3,(H,26,27)/t15-,16?,17?,18?,19+,20?,23-/m1/s1. The van der Waals surface area contributed by atoms with Crippen molar-refractivity contribution in [1.82, 2.24) is 16.0 Å². The normalized spacial score (nSPS) is 40.3. The molecule has 2 heterocycles. The molecule has 1 amide bonds. The SMILES string of the molecule is C=CCC[C@@H]1C[C@]1(NC(=O)[C@@H]1CC(OC2CCNC3CCCCC32)CN1)C(=O)OC. The molecule has 2 saturated heterocycles. The van der Waals surface area contributed by atoms with Crippen molar-refractivity contribution in [3.63, 3.8) is 0 Å². The summed E-state index contributed by atoms with van der Waals surface area (Å²) in [4.78, 5) is 25.3. The molecule has 4 unspecified atom stereocenters. The van der Waals surface area contributed by atoms with Crippen molar-refractivity contribution in [2.45, 2.75) is 87.6 Å². The molecule has 7 heteroatoms. The van der Waals surface area contributed by atoms with E-state index < -0.39 is 5.54 Å². The molecule has 0 aromatic heterocycles. The maximum Gasteiger partial charge on any atom is 0.331 e. The van der Waals surface area contributed by atoms with Gasteiger partial charge in [0.15, 0.2) is 0 Å². The highest BCUT2D eigenvalue weighted by molar-refractivity contribution is 5.93. The van der Waals surface area contributed by atoms with Crippen molar-refractivity contribution >= 4 is 11.9 Å². The highest BCUT2D eigenvalue weighted by Gasteiger charge is 2.62. The lowest BCUT2D eigenvalue weighted by atomic mass is 9.77. The fourth-order valence-electron chi connectivity index (χ4n) is 5.85. The van der Waals surface area contributed by atoms with Crippen LogP contribution in [0, 0.1) is 11.8 Å². The van der Waals surface area contributed by atoms with Gasteiger partial charge in [-0.2, -0.15) is 0 Å². The monoisotopic (exact) mass is 419 g/mol. The molecule has 2 aliphatic heterocycles. The van der Waals surface area contributed by atoms with E-state index in [9.17, 15) is 9.59 Å². The van der Waals surface area contributed by atoms with E-state index in [0.717, 1.165) is 25.8 Å². The van der Waals surface area contributed by atoms with Crippen molar-refractivity contribution < 1.29 is 19.1 Å². The highest BCUT2D eigenvalue weighted by Crippen LogP contribution is 2.47. The molecule has 0 bridgehead atoms. The van der Waals surface area contributed by atoms with Gasteiger partial charge in [0.25, 0.3) is 0 Å². The minimum Gasteiger partial charge on any atom is -0.467 e. The molecule has 4 aliphatic rings. The van der Waals surface area contributed by atoms with E-state index in [-0.39, 0.29) is 29.9 Å². The molecule has 3 N–H and O–H groups in total. The van der Waals surface area contributed by atoms with Crippen LogP contribution in [0.3, 0.4) is 0 Å². The van der Waals surface area contributed by atoms with Gasteiger partial charge >= 0.3 is 5.97 Å². The lowest BCUT2D eigenvalue weighted by Crippen LogP contribution is -2.52. The molecule has 168 valence electrons. The van der Waals surface area contributed by atoms with Crippen LogP contribution in [0.15, 0.2) is 12.7 Å². The summed E-state index contributed by atoms with van der Waals surface area (Å²) in [6, 6.07) is 0.272. The molecular weight excluding hydrogens is 382 g/mol. The zero-order valence-corrected chi connectivity index (χ0v) is 18.2. The number of carbonyl (C=O) groups is 2. The summed E-state index contributed by atoms with van der Waals surface area (Å²) in [5.74, 6) is 0.264. The molecule has 4 fully saturated rings. The summed E-state index contributed by atoms with van der Waals surface area (Å²) >= 11 is 0. The predicted octanol–water partition coefficient (Wildman–Crippen LogP) is 1.67. The molecule has 30 heavy (non-hydrogen) atoms. The Bertz CT molecular complexity index is 654. The molecule has 4 rings (SSSR count). The second-order valence-corrected chi connectivity index (χ2v) is 9.51. The second-order valence-electron chi connectivity index (χ2n) is 9.51. The Labute approximate surface area is 179 Å². The molecular formula is C23H37N3O4. The van der Waals surface area contributed by atoms with Gasteiger partial charge < -0.3 is 25.4 Å². The van der Waals surface area contributed by atoms with Gasteiger partial charge in [0.2, 0.25) is 5.91 Å². The van der Waals surface area contributed by atoms with Crippen LogP contribution in [-0.4, -0.2) is 61.9 Å². The van der Waals surface area contributed by atoms with Gasteiger partial charge in [0.05, 0.1) is 25.4 Å². The molecule has 2 saturated carbocycles. The zero-order valence-electron chi connectivity index (χ0n) is 18.2. The van der Waals surface area contributed by atoms with Gasteiger partial charge in [-0.05, 0) is 57.4 Å². The zero-order chi connectivity index (χ0) is 21.1. The third kappa shape index (κ3) is 4.43. The number of amides is 1. The number of allylic oxidation sites excluding steroid dienone is 1. The Hall–Kier alpha value is -1.44.